The van der Waals surface area contributed by atoms with Gasteiger partial charge in [-0.3, -0.25) is 5.41 Å². The summed E-state index contributed by atoms with van der Waals surface area (Å²) in [5.41, 5.74) is 5.36. The van der Waals surface area contributed by atoms with Crippen LogP contribution in [0.3, 0.4) is 0 Å². The molecule has 0 fully saturated rings. The molecule has 0 amide bonds. The van der Waals surface area contributed by atoms with Crippen molar-refractivity contribution in [2.45, 2.75) is 0 Å². The molecule has 0 aliphatic heterocycles. The zero-order valence-electron chi connectivity index (χ0n) is 4.52. The average molecular weight is 102 g/mol. The van der Waals surface area contributed by atoms with Gasteiger partial charge in [-0.2, -0.15) is 0 Å². The van der Waals surface area contributed by atoms with Crippen LogP contribution in [0.2, 0.25) is 0 Å². The molecule has 0 aromatic heterocycles. The van der Waals surface area contributed by atoms with E-state index in [0.717, 1.165) is 6.34 Å². The Morgan fingerprint density at radius 3 is 1.86 bits per heavy atom. The Morgan fingerprint density at radius 1 is 1.43 bits per heavy atom. The van der Waals surface area contributed by atoms with Gasteiger partial charge < -0.3 is 0 Å². The first-order valence-electron chi connectivity index (χ1n) is 1.99. The van der Waals surface area contributed by atoms with Crippen LogP contribution in [0.15, 0.2) is 0 Å². The Hall–Kier alpha value is -0.610. The Balaban J connectivity index is 3.16. The first-order valence-corrected chi connectivity index (χ1v) is 1.99. The van der Waals surface area contributed by atoms with Gasteiger partial charge >= 0.3 is 0 Å². The Morgan fingerprint density at radius 2 is 1.86 bits per heavy atom. The molecule has 7 heavy (non-hydrogen) atoms. The second kappa shape index (κ2) is 3.58. The Bertz CT molecular complexity index is 48.9. The van der Waals surface area contributed by atoms with Crippen LogP contribution >= 0.6 is 0 Å². The van der Waals surface area contributed by atoms with Crippen molar-refractivity contribution in [1.29, 1.82) is 5.41 Å². The molecule has 0 rings (SSSR count). The number of rotatable bonds is 3. The highest BCUT2D eigenvalue weighted by Gasteiger charge is 1.81. The predicted molar refractivity (Wildman–Crippen MR) is 28.7 cm³/mol. The molecule has 0 unspecified atom stereocenters. The van der Waals surface area contributed by atoms with Crippen molar-refractivity contribution in [3.05, 3.63) is 0 Å². The second-order valence-electron chi connectivity index (χ2n) is 0.946. The van der Waals surface area contributed by atoms with Gasteiger partial charge in [0.1, 0.15) is 6.34 Å². The zero-order chi connectivity index (χ0) is 5.70. The molecule has 3 N–H and O–H groups in total. The first-order chi connectivity index (χ1) is 3.35. The van der Waals surface area contributed by atoms with Crippen LogP contribution in [0.5, 0.6) is 0 Å². The lowest BCUT2D eigenvalue weighted by molar-refractivity contribution is 0.275. The predicted octanol–water partition coefficient (Wildman–Crippen LogP) is -0.836. The zero-order valence-corrected chi connectivity index (χ0v) is 4.52. The molecule has 0 aliphatic rings. The molecule has 0 aromatic carbocycles. The molecule has 0 aromatic rings. The van der Waals surface area contributed by atoms with Gasteiger partial charge in [0.05, 0.1) is 0 Å². The van der Waals surface area contributed by atoms with E-state index >= 15 is 0 Å². The van der Waals surface area contributed by atoms with Crippen molar-refractivity contribution in [2.75, 3.05) is 14.1 Å². The maximum absolute atomic E-state index is 6.64. The molecular weight excluding hydrogens is 92.1 g/mol. The largest absolute Gasteiger partial charge is 0.289 e. The molecule has 0 aliphatic carbocycles. The van der Waals surface area contributed by atoms with Crippen LogP contribution in [0, 0.1) is 5.41 Å². The normalized spacial score (nSPS) is 8.29. The monoisotopic (exact) mass is 102 g/mol. The standard InChI is InChI=1S/C3H10N4/c1-5-7(3-4)6-2/h3-6H,1-2H3. The fourth-order valence-electron chi connectivity index (χ4n) is 0.241. The third kappa shape index (κ3) is 2.13. The van der Waals surface area contributed by atoms with E-state index in [1.165, 1.54) is 5.12 Å². The van der Waals surface area contributed by atoms with Crippen LogP contribution in [0.25, 0.3) is 0 Å². The molecule has 0 saturated carbocycles. The lowest BCUT2D eigenvalue weighted by atomic mass is 11.2. The number of nitrogens with one attached hydrogen (secondary N) is 3. The maximum atomic E-state index is 6.64. The van der Waals surface area contributed by atoms with Crippen LogP contribution in [-0.4, -0.2) is 25.6 Å². The van der Waals surface area contributed by atoms with Crippen LogP contribution in [-0.2, 0) is 0 Å². The second-order valence-corrected chi connectivity index (χ2v) is 0.946. The molecule has 0 spiro atoms. The van der Waals surface area contributed by atoms with Gasteiger partial charge in [0.2, 0.25) is 0 Å². The summed E-state index contributed by atoms with van der Waals surface area (Å²) in [7, 11) is 3.45. The van der Waals surface area contributed by atoms with Crippen LogP contribution in [0.1, 0.15) is 0 Å². The van der Waals surface area contributed by atoms with Gasteiger partial charge in [0, 0.05) is 14.1 Å². The minimum atomic E-state index is 1.14. The third-order valence-corrected chi connectivity index (χ3v) is 0.611. The van der Waals surface area contributed by atoms with Gasteiger partial charge in [-0.15, -0.1) is 0 Å². The van der Waals surface area contributed by atoms with E-state index in [0.29, 0.717) is 0 Å². The van der Waals surface area contributed by atoms with Crippen molar-refractivity contribution in [1.82, 2.24) is 16.0 Å². The summed E-state index contributed by atoms with van der Waals surface area (Å²) in [6.07, 6.45) is 1.14. The van der Waals surface area contributed by atoms with Gasteiger partial charge in [-0.05, 0) is 0 Å². The number of hydrazine groups is 2. The maximum Gasteiger partial charge on any atom is 0.114 e. The fourth-order valence-corrected chi connectivity index (χ4v) is 0.241. The van der Waals surface area contributed by atoms with Gasteiger partial charge in [0.25, 0.3) is 0 Å². The molecule has 42 valence electrons. The summed E-state index contributed by atoms with van der Waals surface area (Å²) in [5.74, 6) is 0. The van der Waals surface area contributed by atoms with E-state index < -0.39 is 0 Å². The van der Waals surface area contributed by atoms with E-state index in [4.69, 9.17) is 5.41 Å². The lowest BCUT2D eigenvalue weighted by Crippen LogP contribution is -2.42. The van der Waals surface area contributed by atoms with Crippen molar-refractivity contribution >= 4 is 6.34 Å². The molecular formula is C3H10N4. The highest BCUT2D eigenvalue weighted by atomic mass is 15.7. The molecule has 0 radical (unpaired) electrons. The van der Waals surface area contributed by atoms with E-state index in [1.807, 2.05) is 0 Å². The topological polar surface area (TPSA) is 51.2 Å². The molecule has 4 heteroatoms. The van der Waals surface area contributed by atoms with Gasteiger partial charge in [0.15, 0.2) is 0 Å². The molecule has 0 atom stereocenters. The summed E-state index contributed by atoms with van der Waals surface area (Å²) in [6, 6.07) is 0. The molecule has 0 bridgehead atoms. The average Bonchev–Trinajstić information content (AvgIpc) is 1.72. The van der Waals surface area contributed by atoms with E-state index in [9.17, 15) is 0 Å². The minimum absolute atomic E-state index is 1.14. The lowest BCUT2D eigenvalue weighted by Gasteiger charge is -2.13. The third-order valence-electron chi connectivity index (χ3n) is 0.611. The van der Waals surface area contributed by atoms with Crippen molar-refractivity contribution in [3.63, 3.8) is 0 Å². The quantitative estimate of drug-likeness (QED) is 0.247. The van der Waals surface area contributed by atoms with E-state index in [1.54, 1.807) is 14.1 Å². The van der Waals surface area contributed by atoms with Crippen molar-refractivity contribution in [3.8, 4) is 0 Å². The van der Waals surface area contributed by atoms with Crippen molar-refractivity contribution < 1.29 is 0 Å². The van der Waals surface area contributed by atoms with Crippen molar-refractivity contribution in [2.24, 2.45) is 0 Å². The summed E-state index contributed by atoms with van der Waals surface area (Å²) in [4.78, 5) is 0. The number of nitrogens with zero attached hydrogens (tertiary/aromatic N) is 1. The minimum Gasteiger partial charge on any atom is -0.289 e. The van der Waals surface area contributed by atoms with E-state index in [2.05, 4.69) is 10.9 Å². The fraction of sp³-hybridized carbons (Fsp3) is 0.667. The van der Waals surface area contributed by atoms with Crippen LogP contribution < -0.4 is 10.9 Å². The van der Waals surface area contributed by atoms with Gasteiger partial charge in [-0.1, -0.05) is 0 Å². The first kappa shape index (κ1) is 6.39. The number of hydrogen-bond donors (Lipinski definition) is 3. The molecule has 0 saturated heterocycles. The molecule has 4 nitrogen and oxygen atoms in total. The highest BCUT2D eigenvalue weighted by Crippen LogP contribution is 1.55. The molecule has 0 heterocycles. The Labute approximate surface area is 43.0 Å². The van der Waals surface area contributed by atoms with E-state index in [-0.39, 0.29) is 0 Å². The Kier molecular flexibility index (Phi) is 3.26. The van der Waals surface area contributed by atoms with Gasteiger partial charge in [-0.25, -0.2) is 16.0 Å². The van der Waals surface area contributed by atoms with Crippen LogP contribution in [0.4, 0.5) is 0 Å². The highest BCUT2D eigenvalue weighted by molar-refractivity contribution is 5.48. The summed E-state index contributed by atoms with van der Waals surface area (Å²) in [6.45, 7) is 0. The smallest absolute Gasteiger partial charge is 0.114 e. The summed E-state index contributed by atoms with van der Waals surface area (Å²) < 4.78 is 0. The number of hydrogen-bond acceptors (Lipinski definition) is 3. The SMILES string of the molecule is CNN(C=N)NC. The summed E-state index contributed by atoms with van der Waals surface area (Å²) in [5, 5.41) is 8.05. The summed E-state index contributed by atoms with van der Waals surface area (Å²) >= 11 is 0.